The Labute approximate surface area is 217 Å². The van der Waals surface area contributed by atoms with Crippen LogP contribution in [0.3, 0.4) is 0 Å². The number of carbonyl (C=O) groups is 1. The van der Waals surface area contributed by atoms with Gasteiger partial charge < -0.3 is 14.4 Å². The van der Waals surface area contributed by atoms with Crippen molar-refractivity contribution < 1.29 is 14.6 Å². The zero-order chi connectivity index (χ0) is 25.1. The molecule has 0 aliphatic carbocycles. The number of pyridine rings is 2. The summed E-state index contributed by atoms with van der Waals surface area (Å²) in [7, 11) is 3.13. The summed E-state index contributed by atoms with van der Waals surface area (Å²) in [5.74, 6) is 2.31. The van der Waals surface area contributed by atoms with Gasteiger partial charge in [0.15, 0.2) is 5.82 Å². The van der Waals surface area contributed by atoms with Gasteiger partial charge in [-0.3, -0.25) is 5.32 Å². The second-order valence-electron chi connectivity index (χ2n) is 9.24. The van der Waals surface area contributed by atoms with E-state index in [-0.39, 0.29) is 18.6 Å². The Morgan fingerprint density at radius 1 is 1.25 bits per heavy atom. The molecule has 0 bridgehead atoms. The average molecular weight is 524 g/mol. The van der Waals surface area contributed by atoms with Gasteiger partial charge in [-0.05, 0) is 34.9 Å². The number of para-hydroxylation sites is 1. The number of anilines is 1. The molecule has 0 saturated heterocycles. The fourth-order valence-corrected chi connectivity index (χ4v) is 6.57. The van der Waals surface area contributed by atoms with Crippen molar-refractivity contribution in [1.29, 1.82) is 0 Å². The fraction of sp³-hybridized carbons (Fsp3) is 0.385. The molecule has 3 aromatic heterocycles. The number of aliphatic hydroxyl groups is 1. The fourth-order valence-electron chi connectivity index (χ4n) is 4.87. The van der Waals surface area contributed by atoms with Gasteiger partial charge in [-0.1, -0.05) is 55.3 Å². The highest BCUT2D eigenvalue weighted by molar-refractivity contribution is 8.76. The lowest BCUT2D eigenvalue weighted by molar-refractivity contribution is 0.0427. The van der Waals surface area contributed by atoms with Crippen molar-refractivity contribution in [1.82, 2.24) is 19.5 Å². The first kappa shape index (κ1) is 24.9. The van der Waals surface area contributed by atoms with Gasteiger partial charge >= 0.3 is 6.09 Å². The lowest BCUT2D eigenvalue weighted by Crippen LogP contribution is -2.41. The third-order valence-corrected chi connectivity index (χ3v) is 9.08. The largest absolute Gasteiger partial charge is 0.448 e. The molecule has 1 aromatic carbocycles. The van der Waals surface area contributed by atoms with Crippen LogP contribution in [0.15, 0.2) is 53.7 Å². The van der Waals surface area contributed by atoms with E-state index >= 15 is 0 Å². The molecular weight excluding hydrogens is 494 g/mol. The Kier molecular flexibility index (Phi) is 7.36. The average Bonchev–Trinajstić information content (AvgIpc) is 3.27. The molecule has 0 saturated carbocycles. The van der Waals surface area contributed by atoms with E-state index in [1.165, 1.54) is 0 Å². The van der Waals surface area contributed by atoms with E-state index < -0.39 is 6.09 Å². The number of nitrogens with zero attached hydrogens (tertiary/aromatic N) is 4. The van der Waals surface area contributed by atoms with Crippen molar-refractivity contribution in [2.24, 2.45) is 11.3 Å². The van der Waals surface area contributed by atoms with E-state index in [1.54, 1.807) is 27.8 Å². The molecule has 8 nitrogen and oxygen atoms in total. The van der Waals surface area contributed by atoms with Gasteiger partial charge in [-0.25, -0.2) is 19.7 Å². The molecule has 0 spiro atoms. The highest BCUT2D eigenvalue weighted by Gasteiger charge is 2.39. The van der Waals surface area contributed by atoms with Crippen LogP contribution in [-0.4, -0.2) is 49.7 Å². The maximum absolute atomic E-state index is 12.6. The quantitative estimate of drug-likeness (QED) is 0.229. The van der Waals surface area contributed by atoms with Crippen molar-refractivity contribution in [2.75, 3.05) is 24.3 Å². The number of ether oxygens (including phenoxy) is 1. The van der Waals surface area contributed by atoms with Crippen molar-refractivity contribution in [3.05, 3.63) is 54.5 Å². The van der Waals surface area contributed by atoms with Crippen LogP contribution in [-0.2, 0) is 17.7 Å². The molecule has 2 atom stereocenters. The highest BCUT2D eigenvalue weighted by Crippen LogP contribution is 2.42. The van der Waals surface area contributed by atoms with E-state index in [1.807, 2.05) is 42.5 Å². The van der Waals surface area contributed by atoms with Gasteiger partial charge in [0.1, 0.15) is 23.0 Å². The van der Waals surface area contributed by atoms with Gasteiger partial charge in [0.25, 0.3) is 0 Å². The summed E-state index contributed by atoms with van der Waals surface area (Å²) >= 11 is 0. The number of hydrogen-bond donors (Lipinski definition) is 2. The molecule has 1 amide bonds. The van der Waals surface area contributed by atoms with Crippen LogP contribution in [0.5, 0.6) is 0 Å². The van der Waals surface area contributed by atoms with Crippen molar-refractivity contribution >= 4 is 55.4 Å². The van der Waals surface area contributed by atoms with Crippen LogP contribution in [0, 0.1) is 11.3 Å². The van der Waals surface area contributed by atoms with Gasteiger partial charge in [-0.15, -0.1) is 0 Å². The Morgan fingerprint density at radius 3 is 2.86 bits per heavy atom. The van der Waals surface area contributed by atoms with Crippen LogP contribution in [0.25, 0.3) is 21.9 Å². The minimum Gasteiger partial charge on any atom is -0.448 e. The lowest BCUT2D eigenvalue weighted by atomic mass is 9.72. The Morgan fingerprint density at radius 2 is 2.08 bits per heavy atom. The molecule has 2 unspecified atom stereocenters. The van der Waals surface area contributed by atoms with Crippen LogP contribution in [0.4, 0.5) is 10.6 Å². The normalized spacial score (nSPS) is 19.4. The van der Waals surface area contributed by atoms with E-state index in [9.17, 15) is 9.90 Å². The van der Waals surface area contributed by atoms with E-state index in [0.717, 1.165) is 40.1 Å². The SMILES string of the molecule is CCC1Cc2nc3c(NC(=O)OCCSSc4ccccn4)nc4ccccc4c3n2CC1(C)CO. The molecular formula is C26H29N5O3S2. The number of aliphatic hydroxyl groups excluding tert-OH is 1. The number of rotatable bonds is 8. The standard InChI is InChI=1S/C26H29N5O3S2/c1-3-17-14-20-29-22-23(31(20)15-26(17,2)16-32)18-8-4-5-9-19(18)28-24(22)30-25(33)34-12-13-35-36-21-10-6-7-11-27-21/h4-11,17,32H,3,12-16H2,1-2H3,(H,28,30,33). The molecule has 0 fully saturated rings. The Bertz CT molecular complexity index is 1380. The van der Waals surface area contributed by atoms with Gasteiger partial charge in [0, 0.05) is 35.7 Å². The topological polar surface area (TPSA) is 102 Å². The monoisotopic (exact) mass is 523 g/mol. The molecule has 188 valence electrons. The number of carbonyl (C=O) groups excluding carboxylic acids is 1. The smallest absolute Gasteiger partial charge is 0.412 e. The van der Waals surface area contributed by atoms with Crippen molar-refractivity contribution in [3.63, 3.8) is 0 Å². The maximum atomic E-state index is 12.6. The lowest BCUT2D eigenvalue weighted by Gasteiger charge is -2.40. The third kappa shape index (κ3) is 4.89. The second kappa shape index (κ2) is 10.7. The number of hydrogen-bond acceptors (Lipinski definition) is 8. The molecule has 2 N–H and O–H groups in total. The van der Waals surface area contributed by atoms with Gasteiger partial charge in [0.05, 0.1) is 17.6 Å². The Balaban J connectivity index is 1.36. The predicted molar refractivity (Wildman–Crippen MR) is 145 cm³/mol. The summed E-state index contributed by atoms with van der Waals surface area (Å²) in [4.78, 5) is 26.6. The number of aromatic nitrogens is 4. The van der Waals surface area contributed by atoms with E-state index in [2.05, 4.69) is 28.7 Å². The summed E-state index contributed by atoms with van der Waals surface area (Å²) in [6.07, 6.45) is 2.93. The Hall–Kier alpha value is -2.82. The van der Waals surface area contributed by atoms with Crippen LogP contribution in [0.2, 0.25) is 0 Å². The van der Waals surface area contributed by atoms with Crippen LogP contribution < -0.4 is 5.32 Å². The first-order valence-corrected chi connectivity index (χ1v) is 14.4. The summed E-state index contributed by atoms with van der Waals surface area (Å²) in [6.45, 7) is 5.34. The van der Waals surface area contributed by atoms with Crippen LogP contribution >= 0.6 is 21.6 Å². The molecule has 10 heteroatoms. The summed E-state index contributed by atoms with van der Waals surface area (Å²) < 4.78 is 7.62. The molecule has 4 aromatic rings. The highest BCUT2D eigenvalue weighted by atomic mass is 33.1. The molecule has 1 aliphatic heterocycles. The molecule has 36 heavy (non-hydrogen) atoms. The van der Waals surface area contributed by atoms with Gasteiger partial charge in [-0.2, -0.15) is 0 Å². The van der Waals surface area contributed by atoms with Crippen LogP contribution in [0.1, 0.15) is 26.1 Å². The molecule has 5 rings (SSSR count). The molecule has 1 aliphatic rings. The minimum atomic E-state index is -0.555. The van der Waals surface area contributed by atoms with E-state index in [4.69, 9.17) is 14.7 Å². The summed E-state index contributed by atoms with van der Waals surface area (Å²) in [5, 5.41) is 15.0. The van der Waals surface area contributed by atoms with Crippen molar-refractivity contribution in [2.45, 2.75) is 38.3 Å². The number of amides is 1. The summed E-state index contributed by atoms with van der Waals surface area (Å²) in [6, 6.07) is 13.6. The first-order chi connectivity index (χ1) is 17.5. The summed E-state index contributed by atoms with van der Waals surface area (Å²) in [5.41, 5.74) is 2.12. The molecule has 4 heterocycles. The van der Waals surface area contributed by atoms with Gasteiger partial charge in [0.2, 0.25) is 0 Å². The predicted octanol–water partition coefficient (Wildman–Crippen LogP) is 5.55. The second-order valence-corrected chi connectivity index (χ2v) is 11.7. The zero-order valence-corrected chi connectivity index (χ0v) is 21.9. The third-order valence-electron chi connectivity index (χ3n) is 6.85. The number of benzene rings is 1. The van der Waals surface area contributed by atoms with Crippen molar-refractivity contribution in [3.8, 4) is 0 Å². The number of fused-ring (bicyclic) bond motifs is 5. The zero-order valence-electron chi connectivity index (χ0n) is 20.3. The first-order valence-electron chi connectivity index (χ1n) is 12.1. The molecule has 0 radical (unpaired) electrons. The number of imidazole rings is 1. The number of nitrogens with one attached hydrogen (secondary N) is 1. The maximum Gasteiger partial charge on any atom is 0.412 e. The minimum absolute atomic E-state index is 0.113. The van der Waals surface area contributed by atoms with E-state index in [0.29, 0.717) is 29.6 Å².